The number of aromatic hydroxyl groups is 1. The van der Waals surface area contributed by atoms with E-state index in [1.54, 1.807) is 36.4 Å². The fourth-order valence-corrected chi connectivity index (χ4v) is 4.35. The molecule has 5 rings (SSSR count). The number of nitriles is 1. The number of esters is 1. The molecule has 0 saturated carbocycles. The Bertz CT molecular complexity index is 1570. The minimum absolute atomic E-state index is 0.194. The molecule has 0 saturated heterocycles. The number of hydrogen-bond donors (Lipinski definition) is 2. The first-order chi connectivity index (χ1) is 17.5. The number of benzene rings is 3. The van der Waals surface area contributed by atoms with Crippen LogP contribution in [0.2, 0.25) is 0 Å². The monoisotopic (exact) mass is 475 g/mol. The number of allylic oxidation sites excluding steroid dienone is 1. The number of carbonyl (C=O) groups is 2. The smallest absolute Gasteiger partial charge is 0.339 e. The third kappa shape index (κ3) is 4.65. The molecule has 1 aliphatic carbocycles. The number of hydrogen-bond acceptors (Lipinski definition) is 6. The number of phenols is 1. The number of amides is 1. The van der Waals surface area contributed by atoms with Crippen molar-refractivity contribution in [1.82, 2.24) is 4.98 Å². The Morgan fingerprint density at radius 1 is 1.06 bits per heavy atom. The lowest BCUT2D eigenvalue weighted by Crippen LogP contribution is -2.21. The molecular weight excluding hydrogens is 454 g/mol. The fourth-order valence-electron chi connectivity index (χ4n) is 4.35. The van der Waals surface area contributed by atoms with E-state index in [-0.39, 0.29) is 5.75 Å². The van der Waals surface area contributed by atoms with Crippen molar-refractivity contribution in [2.45, 2.75) is 12.8 Å². The number of pyridine rings is 1. The van der Waals surface area contributed by atoms with Crippen molar-refractivity contribution >= 4 is 40.1 Å². The highest BCUT2D eigenvalue weighted by molar-refractivity contribution is 6.08. The van der Waals surface area contributed by atoms with Crippen LogP contribution in [0.5, 0.6) is 5.75 Å². The number of nitrogens with zero attached hydrogens (tertiary/aromatic N) is 2. The van der Waals surface area contributed by atoms with Crippen LogP contribution in [-0.2, 0) is 16.0 Å². The summed E-state index contributed by atoms with van der Waals surface area (Å²) in [7, 11) is 0. The van der Waals surface area contributed by atoms with Gasteiger partial charge in [0.2, 0.25) is 0 Å². The van der Waals surface area contributed by atoms with Crippen LogP contribution >= 0.6 is 0 Å². The number of phenolic OH excluding ortho intramolecular Hbond substituents is 1. The summed E-state index contributed by atoms with van der Waals surface area (Å²) >= 11 is 0. The molecule has 36 heavy (non-hydrogen) atoms. The lowest BCUT2D eigenvalue weighted by atomic mass is 10.0. The fraction of sp³-hybridized carbons (Fsp3) is 0.103. The minimum Gasteiger partial charge on any atom is -0.508 e. The Morgan fingerprint density at radius 3 is 2.67 bits per heavy atom. The van der Waals surface area contributed by atoms with Crippen LogP contribution in [0.4, 0.5) is 5.69 Å². The van der Waals surface area contributed by atoms with Crippen molar-refractivity contribution < 1.29 is 19.4 Å². The van der Waals surface area contributed by atoms with E-state index in [1.165, 1.54) is 0 Å². The van der Waals surface area contributed by atoms with E-state index in [1.807, 2.05) is 48.5 Å². The van der Waals surface area contributed by atoms with E-state index < -0.39 is 18.5 Å². The first-order valence-corrected chi connectivity index (χ1v) is 11.4. The topological polar surface area (TPSA) is 112 Å². The average Bonchev–Trinajstić information content (AvgIpc) is 3.29. The number of para-hydroxylation sites is 1. The number of anilines is 1. The molecule has 176 valence electrons. The van der Waals surface area contributed by atoms with Crippen molar-refractivity contribution in [2.24, 2.45) is 0 Å². The van der Waals surface area contributed by atoms with Crippen LogP contribution in [0.15, 0.2) is 72.8 Å². The van der Waals surface area contributed by atoms with Crippen LogP contribution in [-0.4, -0.2) is 28.6 Å². The number of nitrogens with one attached hydrogen (secondary N) is 1. The summed E-state index contributed by atoms with van der Waals surface area (Å²) in [5, 5.41) is 21.9. The van der Waals surface area contributed by atoms with Gasteiger partial charge in [-0.2, -0.15) is 5.26 Å². The maximum Gasteiger partial charge on any atom is 0.339 e. The summed E-state index contributed by atoms with van der Waals surface area (Å²) in [5.41, 5.74) is 5.41. The van der Waals surface area contributed by atoms with Gasteiger partial charge in [0.25, 0.3) is 5.91 Å². The Kier molecular flexibility index (Phi) is 6.16. The zero-order valence-corrected chi connectivity index (χ0v) is 19.2. The largest absolute Gasteiger partial charge is 0.508 e. The van der Waals surface area contributed by atoms with E-state index in [0.29, 0.717) is 40.6 Å². The van der Waals surface area contributed by atoms with Gasteiger partial charge in [-0.15, -0.1) is 0 Å². The van der Waals surface area contributed by atoms with Gasteiger partial charge in [-0.25, -0.2) is 9.78 Å². The van der Waals surface area contributed by atoms with Crippen molar-refractivity contribution in [2.75, 3.05) is 11.9 Å². The van der Waals surface area contributed by atoms with Gasteiger partial charge in [0, 0.05) is 11.1 Å². The highest BCUT2D eigenvalue weighted by atomic mass is 16.5. The lowest BCUT2D eigenvalue weighted by molar-refractivity contribution is -0.119. The molecule has 2 N–H and O–H groups in total. The van der Waals surface area contributed by atoms with Crippen LogP contribution in [0, 0.1) is 11.3 Å². The second-order valence-electron chi connectivity index (χ2n) is 8.41. The van der Waals surface area contributed by atoms with Crippen molar-refractivity contribution in [3.63, 3.8) is 0 Å². The molecule has 7 heteroatoms. The van der Waals surface area contributed by atoms with E-state index in [2.05, 4.69) is 5.32 Å². The van der Waals surface area contributed by atoms with E-state index in [4.69, 9.17) is 15.0 Å². The van der Waals surface area contributed by atoms with Crippen LogP contribution in [0.3, 0.4) is 0 Å². The average molecular weight is 476 g/mol. The van der Waals surface area contributed by atoms with Gasteiger partial charge in [-0.1, -0.05) is 36.4 Å². The van der Waals surface area contributed by atoms with Gasteiger partial charge in [0.1, 0.15) is 5.75 Å². The van der Waals surface area contributed by atoms with Crippen LogP contribution in [0.25, 0.3) is 22.6 Å². The number of aromatic nitrogens is 1. The summed E-state index contributed by atoms with van der Waals surface area (Å²) in [5.74, 6) is -0.891. The summed E-state index contributed by atoms with van der Waals surface area (Å²) in [6, 6.07) is 22.8. The van der Waals surface area contributed by atoms with Crippen molar-refractivity contribution in [1.29, 1.82) is 5.26 Å². The second-order valence-corrected chi connectivity index (χ2v) is 8.41. The standard InChI is InChI=1S/C29H21N3O4/c30-16-19-4-3-5-21(15-19)31-26(34)17-36-29(35)27-23-6-1-2-7-25(23)32-28-20(10-13-24(27)28)14-18-8-11-22(33)12-9-18/h1-9,11-12,14-15,33H,10,13,17H2,(H,31,34)/b20-14+. The van der Waals surface area contributed by atoms with E-state index in [9.17, 15) is 14.7 Å². The quantitative estimate of drug-likeness (QED) is 0.389. The molecule has 7 nitrogen and oxygen atoms in total. The molecule has 3 aromatic carbocycles. The summed E-state index contributed by atoms with van der Waals surface area (Å²) in [6.45, 7) is -0.461. The van der Waals surface area contributed by atoms with Crippen molar-refractivity contribution in [3.8, 4) is 11.8 Å². The molecule has 0 bridgehead atoms. The number of rotatable bonds is 5. The Labute approximate surface area is 207 Å². The van der Waals surface area contributed by atoms with Gasteiger partial charge in [0.15, 0.2) is 6.61 Å². The maximum atomic E-state index is 13.3. The van der Waals surface area contributed by atoms with E-state index >= 15 is 0 Å². The van der Waals surface area contributed by atoms with Crippen molar-refractivity contribution in [3.05, 3.63) is 101 Å². The molecule has 0 spiro atoms. The van der Waals surface area contributed by atoms with Gasteiger partial charge < -0.3 is 15.2 Å². The van der Waals surface area contributed by atoms with E-state index in [0.717, 1.165) is 22.4 Å². The highest BCUT2D eigenvalue weighted by Gasteiger charge is 2.28. The lowest BCUT2D eigenvalue weighted by Gasteiger charge is -2.12. The first-order valence-electron chi connectivity index (χ1n) is 11.4. The Morgan fingerprint density at radius 2 is 1.86 bits per heavy atom. The number of ether oxygens (including phenoxy) is 1. The van der Waals surface area contributed by atoms with Gasteiger partial charge in [-0.05, 0) is 72.0 Å². The predicted octanol–water partition coefficient (Wildman–Crippen LogP) is 5.09. The molecule has 0 fully saturated rings. The van der Waals surface area contributed by atoms with Crippen LogP contribution < -0.4 is 5.32 Å². The molecule has 4 aromatic rings. The zero-order chi connectivity index (χ0) is 25.1. The normalized spacial score (nSPS) is 13.2. The molecular formula is C29H21N3O4. The minimum atomic E-state index is -0.586. The van der Waals surface area contributed by atoms with Crippen LogP contribution in [0.1, 0.15) is 39.2 Å². The third-order valence-electron chi connectivity index (χ3n) is 5.99. The first kappa shape index (κ1) is 22.8. The Hall–Kier alpha value is -4.96. The zero-order valence-electron chi connectivity index (χ0n) is 19.2. The maximum absolute atomic E-state index is 13.3. The molecule has 0 aliphatic heterocycles. The van der Waals surface area contributed by atoms with Gasteiger partial charge >= 0.3 is 5.97 Å². The molecule has 1 amide bonds. The second kappa shape index (κ2) is 9.72. The highest BCUT2D eigenvalue weighted by Crippen LogP contribution is 2.38. The SMILES string of the molecule is N#Cc1cccc(NC(=O)COC(=O)c2c3c(nc4ccccc24)/C(=C/c2ccc(O)cc2)CC3)c1. The molecule has 0 atom stereocenters. The summed E-state index contributed by atoms with van der Waals surface area (Å²) < 4.78 is 5.43. The molecule has 0 radical (unpaired) electrons. The number of carbonyl (C=O) groups excluding carboxylic acids is 2. The number of fused-ring (bicyclic) bond motifs is 2. The summed E-state index contributed by atoms with van der Waals surface area (Å²) in [6.07, 6.45) is 3.33. The molecule has 0 unspecified atom stereocenters. The summed E-state index contributed by atoms with van der Waals surface area (Å²) in [4.78, 5) is 30.5. The Balaban J connectivity index is 1.42. The molecule has 1 aromatic heterocycles. The van der Waals surface area contributed by atoms with Gasteiger partial charge in [0.05, 0.1) is 28.4 Å². The van der Waals surface area contributed by atoms with Gasteiger partial charge in [-0.3, -0.25) is 4.79 Å². The molecule has 1 aliphatic rings. The predicted molar refractivity (Wildman–Crippen MR) is 136 cm³/mol. The molecule has 1 heterocycles. The third-order valence-corrected chi connectivity index (χ3v) is 5.99.